The molecule has 1 amide bonds. The molecule has 2 heterocycles. The van der Waals surface area contributed by atoms with E-state index in [1.54, 1.807) is 12.3 Å². The van der Waals surface area contributed by atoms with Crippen molar-refractivity contribution in [3.63, 3.8) is 0 Å². The van der Waals surface area contributed by atoms with Crippen LogP contribution in [0.25, 0.3) is 0 Å². The molecular weight excluding hydrogens is 292 g/mol. The van der Waals surface area contributed by atoms with Crippen molar-refractivity contribution >= 4 is 15.9 Å². The zero-order valence-corrected chi connectivity index (χ0v) is 13.2. The molecule has 0 radical (unpaired) electrons. The van der Waals surface area contributed by atoms with Gasteiger partial charge in [0.25, 0.3) is 0 Å². The number of carbonyl (C=O) groups is 1. The molecule has 2 rings (SSSR count). The first-order chi connectivity index (χ1) is 9.88. The van der Waals surface area contributed by atoms with Gasteiger partial charge in [-0.3, -0.25) is 4.79 Å². The highest BCUT2D eigenvalue weighted by molar-refractivity contribution is 7.88. The van der Waals surface area contributed by atoms with Crippen LogP contribution in [0.2, 0.25) is 0 Å². The molecule has 21 heavy (non-hydrogen) atoms. The lowest BCUT2D eigenvalue weighted by atomic mass is 10.0. The number of nitrogens with one attached hydrogen (secondary N) is 1. The third-order valence-electron chi connectivity index (χ3n) is 3.66. The van der Waals surface area contributed by atoms with Gasteiger partial charge in [-0.25, -0.2) is 8.42 Å². The van der Waals surface area contributed by atoms with Gasteiger partial charge in [0.05, 0.1) is 12.5 Å². The van der Waals surface area contributed by atoms with Crippen molar-refractivity contribution in [2.45, 2.75) is 44.7 Å². The lowest BCUT2D eigenvalue weighted by Gasteiger charge is -2.33. The first-order valence-corrected chi connectivity index (χ1v) is 9.02. The van der Waals surface area contributed by atoms with Gasteiger partial charge in [-0.15, -0.1) is 0 Å². The van der Waals surface area contributed by atoms with E-state index in [0.29, 0.717) is 19.4 Å². The summed E-state index contributed by atoms with van der Waals surface area (Å²) in [7, 11) is -3.35. The number of amides is 1. The lowest BCUT2D eigenvalue weighted by molar-refractivity contribution is -0.126. The molecule has 118 valence electrons. The summed E-state index contributed by atoms with van der Waals surface area (Å²) in [5.74, 6) is 0.575. The Morgan fingerprint density at radius 3 is 2.90 bits per heavy atom. The summed E-state index contributed by atoms with van der Waals surface area (Å²) in [6.45, 7) is 2.30. The molecule has 0 bridgehead atoms. The molecule has 6 nitrogen and oxygen atoms in total. The van der Waals surface area contributed by atoms with Crippen molar-refractivity contribution in [2.75, 3.05) is 12.8 Å². The molecule has 0 saturated carbocycles. The molecule has 1 N–H and O–H groups in total. The molecule has 2 atom stereocenters. The summed E-state index contributed by atoms with van der Waals surface area (Å²) in [6.07, 6.45) is 5.59. The van der Waals surface area contributed by atoms with Crippen molar-refractivity contribution in [1.82, 2.24) is 9.62 Å². The first kappa shape index (κ1) is 16.0. The Hall–Kier alpha value is -1.34. The fourth-order valence-corrected chi connectivity index (χ4v) is 3.81. The highest BCUT2D eigenvalue weighted by Crippen LogP contribution is 2.20. The molecule has 0 aliphatic carbocycles. The summed E-state index contributed by atoms with van der Waals surface area (Å²) < 4.78 is 30.1. The Labute approximate surface area is 125 Å². The van der Waals surface area contributed by atoms with Gasteiger partial charge in [-0.1, -0.05) is 6.42 Å². The average molecular weight is 314 g/mol. The summed E-state index contributed by atoms with van der Waals surface area (Å²) in [6, 6.07) is 2.96. The van der Waals surface area contributed by atoms with Gasteiger partial charge < -0.3 is 9.73 Å². The van der Waals surface area contributed by atoms with Gasteiger partial charge in [-0.2, -0.15) is 4.31 Å². The van der Waals surface area contributed by atoms with Crippen molar-refractivity contribution in [1.29, 1.82) is 0 Å². The summed E-state index contributed by atoms with van der Waals surface area (Å²) in [4.78, 5) is 12.3. The van der Waals surface area contributed by atoms with E-state index in [2.05, 4.69) is 5.32 Å². The number of piperidine rings is 1. The molecule has 7 heteroatoms. The van der Waals surface area contributed by atoms with Crippen LogP contribution in [0.4, 0.5) is 0 Å². The molecule has 0 spiro atoms. The van der Waals surface area contributed by atoms with Gasteiger partial charge in [0.2, 0.25) is 15.9 Å². The van der Waals surface area contributed by atoms with Gasteiger partial charge in [0, 0.05) is 19.0 Å². The van der Waals surface area contributed by atoms with Crippen molar-refractivity contribution < 1.29 is 17.6 Å². The molecule has 1 aliphatic heterocycles. The van der Waals surface area contributed by atoms with Crippen molar-refractivity contribution in [2.24, 2.45) is 0 Å². The maximum Gasteiger partial charge on any atom is 0.238 e. The standard InChI is InChI=1S/C14H22N2O4S/c1-11(10-12-6-5-9-20-12)15-14(17)13-7-3-4-8-16(13)21(2,18)19/h5-6,9,11,13H,3-4,7-8,10H2,1-2H3,(H,15,17)/t11-,13-/m0/s1. The molecule has 0 unspecified atom stereocenters. The number of sulfonamides is 1. The summed E-state index contributed by atoms with van der Waals surface area (Å²) in [5.41, 5.74) is 0. The Kier molecular flexibility index (Phi) is 5.05. The Bertz CT molecular complexity index is 568. The molecule has 1 aromatic rings. The predicted molar refractivity (Wildman–Crippen MR) is 79.2 cm³/mol. The van der Waals surface area contributed by atoms with Gasteiger partial charge in [0.1, 0.15) is 11.8 Å². The number of furan rings is 1. The van der Waals surface area contributed by atoms with E-state index in [1.165, 1.54) is 4.31 Å². The second-order valence-electron chi connectivity index (χ2n) is 5.58. The van der Waals surface area contributed by atoms with E-state index in [4.69, 9.17) is 4.42 Å². The quantitative estimate of drug-likeness (QED) is 0.884. The second kappa shape index (κ2) is 6.62. The van der Waals surface area contributed by atoms with E-state index >= 15 is 0 Å². The minimum atomic E-state index is -3.35. The number of rotatable bonds is 5. The Morgan fingerprint density at radius 2 is 2.29 bits per heavy atom. The molecule has 1 saturated heterocycles. The summed E-state index contributed by atoms with van der Waals surface area (Å²) in [5, 5.41) is 2.88. The van der Waals surface area contributed by atoms with Crippen LogP contribution in [0.3, 0.4) is 0 Å². The van der Waals surface area contributed by atoms with Crippen LogP contribution < -0.4 is 5.32 Å². The third kappa shape index (κ3) is 4.31. The van der Waals surface area contributed by atoms with Gasteiger partial charge in [-0.05, 0) is 31.9 Å². The molecular formula is C14H22N2O4S. The molecule has 1 aliphatic rings. The largest absolute Gasteiger partial charge is 0.469 e. The van der Waals surface area contributed by atoms with E-state index in [-0.39, 0.29) is 11.9 Å². The average Bonchev–Trinajstić information content (AvgIpc) is 2.90. The zero-order valence-electron chi connectivity index (χ0n) is 12.4. The number of hydrogen-bond donors (Lipinski definition) is 1. The fraction of sp³-hybridized carbons (Fsp3) is 0.643. The predicted octanol–water partition coefficient (Wildman–Crippen LogP) is 1.14. The maximum atomic E-state index is 12.3. The monoisotopic (exact) mass is 314 g/mol. The van der Waals surface area contributed by atoms with Crippen LogP contribution in [0.1, 0.15) is 31.9 Å². The van der Waals surface area contributed by atoms with Gasteiger partial charge in [0.15, 0.2) is 0 Å². The fourth-order valence-electron chi connectivity index (χ4n) is 2.68. The number of nitrogens with zero attached hydrogens (tertiary/aromatic N) is 1. The first-order valence-electron chi connectivity index (χ1n) is 7.17. The third-order valence-corrected chi connectivity index (χ3v) is 4.95. The Balaban J connectivity index is 1.97. The van der Waals surface area contributed by atoms with Crippen LogP contribution >= 0.6 is 0 Å². The van der Waals surface area contributed by atoms with Crippen LogP contribution in [0, 0.1) is 0 Å². The maximum absolute atomic E-state index is 12.3. The molecule has 1 aromatic heterocycles. The van der Waals surface area contributed by atoms with Crippen molar-refractivity contribution in [3.05, 3.63) is 24.2 Å². The van der Waals surface area contributed by atoms with E-state index in [9.17, 15) is 13.2 Å². The second-order valence-corrected chi connectivity index (χ2v) is 7.51. The smallest absolute Gasteiger partial charge is 0.238 e. The number of hydrogen-bond acceptors (Lipinski definition) is 4. The molecule has 1 fully saturated rings. The molecule has 0 aromatic carbocycles. The topological polar surface area (TPSA) is 79.6 Å². The lowest BCUT2D eigenvalue weighted by Crippen LogP contribution is -2.53. The van der Waals surface area contributed by atoms with E-state index in [1.807, 2.05) is 13.0 Å². The number of carbonyl (C=O) groups excluding carboxylic acids is 1. The van der Waals surface area contributed by atoms with E-state index < -0.39 is 16.1 Å². The van der Waals surface area contributed by atoms with E-state index in [0.717, 1.165) is 24.9 Å². The zero-order chi connectivity index (χ0) is 15.5. The van der Waals surface area contributed by atoms with Crippen LogP contribution in [-0.2, 0) is 21.2 Å². The van der Waals surface area contributed by atoms with Crippen LogP contribution in [0.15, 0.2) is 22.8 Å². The van der Waals surface area contributed by atoms with Crippen LogP contribution in [0.5, 0.6) is 0 Å². The SMILES string of the molecule is C[C@@H](Cc1ccco1)NC(=O)[C@@H]1CCCCN1S(C)(=O)=O. The highest BCUT2D eigenvalue weighted by Gasteiger charge is 2.34. The Morgan fingerprint density at radius 1 is 1.52 bits per heavy atom. The van der Waals surface area contributed by atoms with Crippen LogP contribution in [-0.4, -0.2) is 43.5 Å². The van der Waals surface area contributed by atoms with Crippen molar-refractivity contribution in [3.8, 4) is 0 Å². The minimum Gasteiger partial charge on any atom is -0.469 e. The van der Waals surface area contributed by atoms with Gasteiger partial charge >= 0.3 is 0 Å². The summed E-state index contributed by atoms with van der Waals surface area (Å²) >= 11 is 0. The normalized spacial score (nSPS) is 21.9. The minimum absolute atomic E-state index is 0.105. The highest BCUT2D eigenvalue weighted by atomic mass is 32.2.